The summed E-state index contributed by atoms with van der Waals surface area (Å²) in [4.78, 5) is 39.6. The fraction of sp³-hybridized carbons (Fsp3) is 0.150. The Morgan fingerprint density at radius 3 is 2.61 bits per heavy atom. The van der Waals surface area contributed by atoms with Crippen LogP contribution in [0.1, 0.15) is 34.6 Å². The minimum Gasteiger partial charge on any atom is -0.489 e. The number of hydrogen-bond acceptors (Lipinski definition) is 5. The third-order valence-electron chi connectivity index (χ3n) is 4.16. The summed E-state index contributed by atoms with van der Waals surface area (Å²) in [7, 11) is 0. The molecular formula is C20H20N4O4. The predicted molar refractivity (Wildman–Crippen MR) is 105 cm³/mol. The van der Waals surface area contributed by atoms with Gasteiger partial charge in [0.05, 0.1) is 6.04 Å². The second-order valence-corrected chi connectivity index (χ2v) is 6.24. The molecule has 144 valence electrons. The number of carbonyl (C=O) groups is 1. The Morgan fingerprint density at radius 1 is 1.11 bits per heavy atom. The van der Waals surface area contributed by atoms with Crippen LogP contribution < -0.4 is 27.0 Å². The summed E-state index contributed by atoms with van der Waals surface area (Å²) in [5.74, 6) is 0.00957. The number of H-pyrrole nitrogens is 2. The van der Waals surface area contributed by atoms with Crippen molar-refractivity contribution in [2.45, 2.75) is 19.6 Å². The van der Waals surface area contributed by atoms with Crippen LogP contribution in [0.4, 0.5) is 5.69 Å². The van der Waals surface area contributed by atoms with E-state index in [1.54, 1.807) is 6.92 Å². The maximum atomic E-state index is 12.4. The van der Waals surface area contributed by atoms with Crippen LogP contribution in [-0.4, -0.2) is 15.9 Å². The van der Waals surface area contributed by atoms with E-state index in [2.05, 4.69) is 10.3 Å². The molecule has 0 fully saturated rings. The molecule has 0 aliphatic carbocycles. The quantitative estimate of drug-likeness (QED) is 0.517. The Hall–Kier alpha value is -3.81. The number of benzene rings is 2. The molecule has 8 nitrogen and oxygen atoms in total. The van der Waals surface area contributed by atoms with Gasteiger partial charge in [0.15, 0.2) is 0 Å². The second-order valence-electron chi connectivity index (χ2n) is 6.24. The minimum atomic E-state index is -0.808. The van der Waals surface area contributed by atoms with Gasteiger partial charge in [-0.05, 0) is 30.2 Å². The maximum absolute atomic E-state index is 12.4. The molecule has 5 N–H and O–H groups in total. The van der Waals surface area contributed by atoms with E-state index in [1.807, 2.05) is 59.6 Å². The molecule has 0 unspecified atom stereocenters. The normalized spacial score (nSPS) is 11.6. The zero-order chi connectivity index (χ0) is 20.1. The van der Waals surface area contributed by atoms with E-state index in [-0.39, 0.29) is 11.4 Å². The number of carbonyl (C=O) groups excluding carboxylic acids is 1. The summed E-state index contributed by atoms with van der Waals surface area (Å²) < 4.78 is 5.80. The first kappa shape index (κ1) is 19.0. The van der Waals surface area contributed by atoms with Crippen molar-refractivity contribution in [1.82, 2.24) is 15.3 Å². The minimum absolute atomic E-state index is 0.267. The maximum Gasteiger partial charge on any atom is 0.326 e. The molecule has 1 amide bonds. The molecule has 1 aromatic heterocycles. The molecule has 1 atom stereocenters. The molecule has 28 heavy (non-hydrogen) atoms. The van der Waals surface area contributed by atoms with E-state index in [1.165, 1.54) is 0 Å². The highest BCUT2D eigenvalue weighted by Gasteiger charge is 2.17. The fourth-order valence-electron chi connectivity index (χ4n) is 2.64. The van der Waals surface area contributed by atoms with E-state index in [0.717, 1.165) is 11.1 Å². The number of aromatic amines is 2. The Labute approximate surface area is 160 Å². The van der Waals surface area contributed by atoms with Gasteiger partial charge in [0.1, 0.15) is 23.7 Å². The van der Waals surface area contributed by atoms with E-state index >= 15 is 0 Å². The number of nitrogens with two attached hydrogens (primary N) is 1. The van der Waals surface area contributed by atoms with Crippen molar-refractivity contribution in [3.8, 4) is 5.75 Å². The van der Waals surface area contributed by atoms with Crippen molar-refractivity contribution in [3.05, 3.63) is 92.3 Å². The van der Waals surface area contributed by atoms with Crippen molar-refractivity contribution in [3.63, 3.8) is 0 Å². The summed E-state index contributed by atoms with van der Waals surface area (Å²) in [6.07, 6.45) is 0. The van der Waals surface area contributed by atoms with E-state index in [0.29, 0.717) is 12.4 Å². The molecule has 0 saturated carbocycles. The summed E-state index contributed by atoms with van der Waals surface area (Å²) in [6.45, 7) is 2.20. The molecule has 0 radical (unpaired) electrons. The van der Waals surface area contributed by atoms with E-state index in [4.69, 9.17) is 10.5 Å². The van der Waals surface area contributed by atoms with Gasteiger partial charge in [0.2, 0.25) is 0 Å². The van der Waals surface area contributed by atoms with E-state index in [9.17, 15) is 14.4 Å². The standard InChI is InChI=1S/C20H20N4O4/c1-12(22-19(26)17-16(21)18(25)24-20(27)23-17)14-8-5-9-15(10-14)28-11-13-6-3-2-4-7-13/h2-10,12H,11,21H2,1H3,(H,22,26)(H2,23,24,25,27)/t12-/m1/s1. The van der Waals surface area contributed by atoms with Crippen LogP contribution in [0.3, 0.4) is 0 Å². The highest BCUT2D eigenvalue weighted by Crippen LogP contribution is 2.20. The lowest BCUT2D eigenvalue weighted by molar-refractivity contribution is 0.0935. The zero-order valence-corrected chi connectivity index (χ0v) is 15.2. The van der Waals surface area contributed by atoms with Gasteiger partial charge in [-0.1, -0.05) is 42.5 Å². The predicted octanol–water partition coefficient (Wildman–Crippen LogP) is 1.72. The lowest BCUT2D eigenvalue weighted by Crippen LogP contribution is -2.34. The number of rotatable bonds is 6. The zero-order valence-electron chi connectivity index (χ0n) is 15.2. The second kappa shape index (κ2) is 8.26. The number of amides is 1. The van der Waals surface area contributed by atoms with Crippen molar-refractivity contribution < 1.29 is 9.53 Å². The number of nitrogens with one attached hydrogen (secondary N) is 3. The number of hydrogen-bond donors (Lipinski definition) is 4. The Morgan fingerprint density at radius 2 is 1.86 bits per heavy atom. The molecule has 0 aliphatic heterocycles. The van der Waals surface area contributed by atoms with Crippen LogP contribution in [-0.2, 0) is 6.61 Å². The molecule has 8 heteroatoms. The molecule has 1 heterocycles. The van der Waals surface area contributed by atoms with Gasteiger partial charge in [0.25, 0.3) is 11.5 Å². The van der Waals surface area contributed by atoms with Gasteiger partial charge in [-0.25, -0.2) is 4.79 Å². The topological polar surface area (TPSA) is 130 Å². The van der Waals surface area contributed by atoms with Crippen molar-refractivity contribution in [2.75, 3.05) is 5.73 Å². The van der Waals surface area contributed by atoms with Crippen molar-refractivity contribution in [2.24, 2.45) is 0 Å². The Balaban J connectivity index is 1.71. The number of anilines is 1. The number of aromatic nitrogens is 2. The van der Waals surface area contributed by atoms with Crippen LogP contribution in [0.25, 0.3) is 0 Å². The average molecular weight is 380 g/mol. The molecule has 0 spiro atoms. The highest BCUT2D eigenvalue weighted by molar-refractivity contribution is 5.97. The first-order valence-corrected chi connectivity index (χ1v) is 8.63. The van der Waals surface area contributed by atoms with Crippen LogP contribution in [0, 0.1) is 0 Å². The molecular weight excluding hydrogens is 360 g/mol. The molecule has 0 saturated heterocycles. The number of nitrogen functional groups attached to an aromatic ring is 1. The fourth-order valence-corrected chi connectivity index (χ4v) is 2.64. The Bertz CT molecular complexity index is 1090. The largest absolute Gasteiger partial charge is 0.489 e. The third-order valence-corrected chi connectivity index (χ3v) is 4.16. The van der Waals surface area contributed by atoms with Crippen LogP contribution >= 0.6 is 0 Å². The smallest absolute Gasteiger partial charge is 0.326 e. The van der Waals surface area contributed by atoms with Crippen LogP contribution in [0.15, 0.2) is 64.2 Å². The number of ether oxygens (including phenoxy) is 1. The van der Waals surface area contributed by atoms with Gasteiger partial charge < -0.3 is 20.8 Å². The lowest BCUT2D eigenvalue weighted by Gasteiger charge is -2.16. The molecule has 0 aliphatic rings. The Kier molecular flexibility index (Phi) is 5.59. The SMILES string of the molecule is C[C@@H](NC(=O)c1[nH]c(=O)[nH]c(=O)c1N)c1cccc(OCc2ccccc2)c1. The summed E-state index contributed by atoms with van der Waals surface area (Å²) in [5, 5.41) is 2.71. The summed E-state index contributed by atoms with van der Waals surface area (Å²) in [5.41, 5.74) is 5.22. The lowest BCUT2D eigenvalue weighted by atomic mass is 10.1. The average Bonchev–Trinajstić information content (AvgIpc) is 2.70. The van der Waals surface area contributed by atoms with Gasteiger partial charge >= 0.3 is 5.69 Å². The molecule has 0 bridgehead atoms. The van der Waals surface area contributed by atoms with Crippen LogP contribution in [0.2, 0.25) is 0 Å². The van der Waals surface area contributed by atoms with Gasteiger partial charge in [-0.15, -0.1) is 0 Å². The first-order chi connectivity index (χ1) is 13.4. The van der Waals surface area contributed by atoms with Gasteiger partial charge in [-0.3, -0.25) is 14.6 Å². The van der Waals surface area contributed by atoms with Crippen LogP contribution in [0.5, 0.6) is 5.75 Å². The van der Waals surface area contributed by atoms with Crippen molar-refractivity contribution in [1.29, 1.82) is 0 Å². The highest BCUT2D eigenvalue weighted by atomic mass is 16.5. The monoisotopic (exact) mass is 380 g/mol. The summed E-state index contributed by atoms with van der Waals surface area (Å²) in [6, 6.07) is 16.7. The molecule has 2 aromatic carbocycles. The summed E-state index contributed by atoms with van der Waals surface area (Å²) >= 11 is 0. The van der Waals surface area contributed by atoms with E-state index < -0.39 is 23.2 Å². The van der Waals surface area contributed by atoms with Gasteiger partial charge in [0, 0.05) is 0 Å². The molecule has 3 rings (SSSR count). The first-order valence-electron chi connectivity index (χ1n) is 8.63. The van der Waals surface area contributed by atoms with Crippen molar-refractivity contribution >= 4 is 11.6 Å². The van der Waals surface area contributed by atoms with Gasteiger partial charge in [-0.2, -0.15) is 0 Å². The molecule has 3 aromatic rings. The third kappa shape index (κ3) is 4.47.